The van der Waals surface area contributed by atoms with Gasteiger partial charge in [0.1, 0.15) is 11.5 Å². The summed E-state index contributed by atoms with van der Waals surface area (Å²) in [5.74, 6) is 0.203. The minimum atomic E-state index is -1.03. The molecule has 0 spiro atoms. The van der Waals surface area contributed by atoms with Crippen molar-refractivity contribution in [3.63, 3.8) is 0 Å². The van der Waals surface area contributed by atoms with E-state index in [4.69, 9.17) is 9.63 Å². The van der Waals surface area contributed by atoms with Gasteiger partial charge in [0, 0.05) is 23.6 Å². The summed E-state index contributed by atoms with van der Waals surface area (Å²) < 4.78 is 5.36. The van der Waals surface area contributed by atoms with E-state index in [1.165, 1.54) is 12.1 Å². The molecule has 2 saturated carbocycles. The summed E-state index contributed by atoms with van der Waals surface area (Å²) in [7, 11) is 0. The Bertz CT molecular complexity index is 790. The summed E-state index contributed by atoms with van der Waals surface area (Å²) in [5, 5.41) is 13.2. The quantitative estimate of drug-likeness (QED) is 0.882. The number of carbonyl (C=O) groups excluding carboxylic acids is 1. The molecule has 0 radical (unpaired) electrons. The summed E-state index contributed by atoms with van der Waals surface area (Å²) in [4.78, 5) is 25.7. The Balaban J connectivity index is 1.54. The van der Waals surface area contributed by atoms with Crippen LogP contribution in [0.3, 0.4) is 0 Å². The van der Waals surface area contributed by atoms with Gasteiger partial charge >= 0.3 is 5.97 Å². The van der Waals surface area contributed by atoms with Crippen LogP contribution in [0.25, 0.3) is 0 Å². The van der Waals surface area contributed by atoms with Gasteiger partial charge in [-0.1, -0.05) is 11.2 Å². The molecule has 1 aromatic carbocycles. The molecular formula is C18H18N2O4. The molecule has 2 aromatic rings. The Morgan fingerprint density at radius 3 is 2.58 bits per heavy atom. The number of carboxylic acids is 1. The molecule has 4 rings (SSSR count). The number of benzene rings is 1. The van der Waals surface area contributed by atoms with Gasteiger partial charge in [-0.3, -0.25) is 4.79 Å². The Kier molecular flexibility index (Phi) is 3.59. The molecule has 6 heteroatoms. The Morgan fingerprint density at radius 2 is 1.92 bits per heavy atom. The molecule has 1 N–H and O–H groups in total. The second-order valence-corrected chi connectivity index (χ2v) is 6.55. The van der Waals surface area contributed by atoms with Crippen LogP contribution in [0.5, 0.6) is 0 Å². The molecule has 2 aliphatic rings. The SMILES string of the molecule is O=C(O)c1cccc(C(=O)N(Cc2cc(C3CC3)on2)C2CC2)c1. The highest BCUT2D eigenvalue weighted by molar-refractivity contribution is 5.97. The first kappa shape index (κ1) is 14.9. The molecular weight excluding hydrogens is 308 g/mol. The predicted molar refractivity (Wildman–Crippen MR) is 84.8 cm³/mol. The fraction of sp³-hybridized carbons (Fsp3) is 0.389. The average molecular weight is 326 g/mol. The number of nitrogens with zero attached hydrogens (tertiary/aromatic N) is 2. The minimum absolute atomic E-state index is 0.119. The van der Waals surface area contributed by atoms with Crippen molar-refractivity contribution in [2.45, 2.75) is 44.2 Å². The van der Waals surface area contributed by atoms with Crippen molar-refractivity contribution in [1.29, 1.82) is 0 Å². The van der Waals surface area contributed by atoms with E-state index in [0.29, 0.717) is 18.0 Å². The monoisotopic (exact) mass is 326 g/mol. The first-order chi connectivity index (χ1) is 11.6. The van der Waals surface area contributed by atoms with E-state index in [9.17, 15) is 9.59 Å². The molecule has 1 heterocycles. The lowest BCUT2D eigenvalue weighted by Crippen LogP contribution is -2.32. The van der Waals surface area contributed by atoms with E-state index in [1.54, 1.807) is 17.0 Å². The third kappa shape index (κ3) is 3.04. The Hall–Kier alpha value is -2.63. The van der Waals surface area contributed by atoms with Crippen LogP contribution in [-0.2, 0) is 6.54 Å². The van der Waals surface area contributed by atoms with Gasteiger partial charge in [0.15, 0.2) is 0 Å². The molecule has 24 heavy (non-hydrogen) atoms. The topological polar surface area (TPSA) is 83.6 Å². The number of hydrogen-bond acceptors (Lipinski definition) is 4. The number of amides is 1. The smallest absolute Gasteiger partial charge is 0.335 e. The standard InChI is InChI=1S/C18H18N2O4/c21-17(12-2-1-3-13(8-12)18(22)23)20(15-6-7-15)10-14-9-16(24-19-14)11-4-5-11/h1-3,8-9,11,15H,4-7,10H2,(H,22,23). The summed E-state index contributed by atoms with van der Waals surface area (Å²) in [6, 6.07) is 8.31. The molecule has 2 fully saturated rings. The van der Waals surface area contributed by atoms with Gasteiger partial charge < -0.3 is 14.5 Å². The normalized spacial score (nSPS) is 16.8. The first-order valence-electron chi connectivity index (χ1n) is 8.21. The summed E-state index contributed by atoms with van der Waals surface area (Å²) in [6.07, 6.45) is 4.22. The molecule has 1 aromatic heterocycles. The molecule has 0 saturated heterocycles. The Labute approximate surface area is 139 Å². The third-order valence-corrected chi connectivity index (χ3v) is 4.49. The second-order valence-electron chi connectivity index (χ2n) is 6.55. The highest BCUT2D eigenvalue weighted by Gasteiger charge is 2.34. The lowest BCUT2D eigenvalue weighted by Gasteiger charge is -2.21. The van der Waals surface area contributed by atoms with Crippen molar-refractivity contribution in [3.05, 3.63) is 52.9 Å². The summed E-state index contributed by atoms with van der Waals surface area (Å²) >= 11 is 0. The lowest BCUT2D eigenvalue weighted by atomic mass is 10.1. The van der Waals surface area contributed by atoms with Gasteiger partial charge in [0.05, 0.1) is 12.1 Å². The van der Waals surface area contributed by atoms with E-state index in [-0.39, 0.29) is 17.5 Å². The molecule has 2 aliphatic carbocycles. The van der Waals surface area contributed by atoms with Crippen LogP contribution >= 0.6 is 0 Å². The van der Waals surface area contributed by atoms with Gasteiger partial charge in [0.25, 0.3) is 5.91 Å². The Morgan fingerprint density at radius 1 is 1.17 bits per heavy atom. The van der Waals surface area contributed by atoms with Crippen molar-refractivity contribution < 1.29 is 19.2 Å². The minimum Gasteiger partial charge on any atom is -0.478 e. The summed E-state index contributed by atoms with van der Waals surface area (Å²) in [6.45, 7) is 0.400. The van der Waals surface area contributed by atoms with E-state index >= 15 is 0 Å². The lowest BCUT2D eigenvalue weighted by molar-refractivity contribution is 0.0697. The largest absolute Gasteiger partial charge is 0.478 e. The molecule has 0 atom stereocenters. The third-order valence-electron chi connectivity index (χ3n) is 4.49. The van der Waals surface area contributed by atoms with Gasteiger partial charge in [-0.2, -0.15) is 0 Å². The van der Waals surface area contributed by atoms with E-state index in [1.807, 2.05) is 6.07 Å². The van der Waals surface area contributed by atoms with Gasteiger partial charge in [0.2, 0.25) is 0 Å². The highest BCUT2D eigenvalue weighted by atomic mass is 16.5. The number of aromatic carboxylic acids is 1. The maximum Gasteiger partial charge on any atom is 0.335 e. The van der Waals surface area contributed by atoms with Gasteiger partial charge in [-0.25, -0.2) is 4.79 Å². The molecule has 124 valence electrons. The fourth-order valence-electron chi connectivity index (χ4n) is 2.84. The first-order valence-corrected chi connectivity index (χ1v) is 8.21. The zero-order valence-corrected chi connectivity index (χ0v) is 13.1. The van der Waals surface area contributed by atoms with E-state index in [2.05, 4.69) is 5.16 Å². The van der Waals surface area contributed by atoms with E-state index < -0.39 is 5.97 Å². The van der Waals surface area contributed by atoms with Crippen LogP contribution < -0.4 is 0 Å². The molecule has 0 aliphatic heterocycles. The zero-order valence-electron chi connectivity index (χ0n) is 13.1. The number of carbonyl (C=O) groups is 2. The van der Waals surface area contributed by atoms with Crippen LogP contribution in [-0.4, -0.2) is 33.1 Å². The highest BCUT2D eigenvalue weighted by Crippen LogP contribution is 2.40. The number of carboxylic acid groups (broad SMARTS) is 1. The number of hydrogen-bond donors (Lipinski definition) is 1. The van der Waals surface area contributed by atoms with Gasteiger partial charge in [-0.15, -0.1) is 0 Å². The maximum absolute atomic E-state index is 12.8. The number of rotatable bonds is 6. The van der Waals surface area contributed by atoms with Gasteiger partial charge in [-0.05, 0) is 43.9 Å². The van der Waals surface area contributed by atoms with Crippen molar-refractivity contribution in [3.8, 4) is 0 Å². The predicted octanol–water partition coefficient (Wildman–Crippen LogP) is 3.06. The van der Waals surface area contributed by atoms with Crippen molar-refractivity contribution in [2.24, 2.45) is 0 Å². The van der Waals surface area contributed by atoms with Crippen molar-refractivity contribution in [1.82, 2.24) is 10.1 Å². The molecule has 6 nitrogen and oxygen atoms in total. The molecule has 0 unspecified atom stereocenters. The zero-order chi connectivity index (χ0) is 16.7. The molecule has 0 bridgehead atoms. The average Bonchev–Trinajstić information content (AvgIpc) is 3.51. The van der Waals surface area contributed by atoms with Crippen LogP contribution in [0.1, 0.15) is 63.8 Å². The van der Waals surface area contributed by atoms with Crippen LogP contribution in [0.15, 0.2) is 34.9 Å². The summed E-state index contributed by atoms with van der Waals surface area (Å²) in [5.41, 5.74) is 1.27. The van der Waals surface area contributed by atoms with E-state index in [0.717, 1.165) is 37.1 Å². The van der Waals surface area contributed by atoms with Crippen molar-refractivity contribution >= 4 is 11.9 Å². The van der Waals surface area contributed by atoms with Crippen molar-refractivity contribution in [2.75, 3.05) is 0 Å². The maximum atomic E-state index is 12.8. The van der Waals surface area contributed by atoms with Crippen LogP contribution in [0.4, 0.5) is 0 Å². The second kappa shape index (κ2) is 5.78. The van der Waals surface area contributed by atoms with Crippen LogP contribution in [0.2, 0.25) is 0 Å². The van der Waals surface area contributed by atoms with Crippen LogP contribution in [0, 0.1) is 0 Å². The fourth-order valence-corrected chi connectivity index (χ4v) is 2.84. The molecule has 1 amide bonds. The number of aromatic nitrogens is 1.